The third-order valence-electron chi connectivity index (χ3n) is 8.92. The van der Waals surface area contributed by atoms with Crippen molar-refractivity contribution >= 4 is 11.8 Å². The number of benzene rings is 2. The van der Waals surface area contributed by atoms with E-state index in [4.69, 9.17) is 4.74 Å². The lowest BCUT2D eigenvalue weighted by molar-refractivity contribution is -0.125. The van der Waals surface area contributed by atoms with Crippen LogP contribution in [-0.2, 0) is 9.53 Å². The molecule has 0 saturated carbocycles. The highest BCUT2D eigenvalue weighted by Crippen LogP contribution is 2.33. The summed E-state index contributed by atoms with van der Waals surface area (Å²) in [6.07, 6.45) is 3.38. The van der Waals surface area contributed by atoms with Crippen molar-refractivity contribution in [2.45, 2.75) is 32.7 Å². The number of nitrogens with one attached hydrogen (secondary N) is 1. The highest BCUT2D eigenvalue weighted by Gasteiger charge is 2.42. The Balaban J connectivity index is 1.04. The summed E-state index contributed by atoms with van der Waals surface area (Å²) in [5.74, 6) is 1.10. The molecule has 8 nitrogen and oxygen atoms in total. The second kappa shape index (κ2) is 11.6. The number of nitrogens with zero attached hydrogens (tertiary/aromatic N) is 4. The topological polar surface area (TPSA) is 79.7 Å². The van der Waals surface area contributed by atoms with Gasteiger partial charge in [0.25, 0.3) is 5.91 Å². The molecule has 4 atom stereocenters. The Kier molecular flexibility index (Phi) is 7.71. The maximum absolute atomic E-state index is 13.5. The van der Waals surface area contributed by atoms with E-state index in [0.29, 0.717) is 30.6 Å². The zero-order valence-electron chi connectivity index (χ0n) is 23.5. The molecule has 1 N–H and O–H groups in total. The van der Waals surface area contributed by atoms with E-state index in [0.717, 1.165) is 62.5 Å². The van der Waals surface area contributed by atoms with Crippen molar-refractivity contribution in [2.75, 3.05) is 45.9 Å². The molecule has 3 aromatic rings. The van der Waals surface area contributed by atoms with Gasteiger partial charge >= 0.3 is 0 Å². The highest BCUT2D eigenvalue weighted by molar-refractivity contribution is 5.95. The lowest BCUT2D eigenvalue weighted by Gasteiger charge is -2.25. The van der Waals surface area contributed by atoms with Crippen molar-refractivity contribution in [1.29, 1.82) is 0 Å². The van der Waals surface area contributed by atoms with Crippen LogP contribution in [0.2, 0.25) is 0 Å². The summed E-state index contributed by atoms with van der Waals surface area (Å²) < 4.78 is 7.29. The third kappa shape index (κ3) is 5.56. The molecular weight excluding hydrogens is 502 g/mol. The molecule has 4 heterocycles. The van der Waals surface area contributed by atoms with Gasteiger partial charge in [0.1, 0.15) is 0 Å². The summed E-state index contributed by atoms with van der Waals surface area (Å²) in [6, 6.07) is 18.5. The van der Waals surface area contributed by atoms with Gasteiger partial charge in [-0.2, -0.15) is 5.10 Å². The second-order valence-corrected chi connectivity index (χ2v) is 11.7. The van der Waals surface area contributed by atoms with Gasteiger partial charge in [-0.15, -0.1) is 0 Å². The predicted octanol–water partition coefficient (Wildman–Crippen LogP) is 3.78. The summed E-state index contributed by atoms with van der Waals surface area (Å²) in [5.41, 5.74) is 4.88. The molecule has 40 heavy (non-hydrogen) atoms. The molecule has 3 saturated heterocycles. The van der Waals surface area contributed by atoms with Crippen molar-refractivity contribution in [3.63, 3.8) is 0 Å². The second-order valence-electron chi connectivity index (χ2n) is 11.7. The zero-order chi connectivity index (χ0) is 27.6. The van der Waals surface area contributed by atoms with E-state index in [1.165, 1.54) is 5.56 Å². The molecule has 3 fully saturated rings. The molecule has 8 heteroatoms. The van der Waals surface area contributed by atoms with Crippen molar-refractivity contribution < 1.29 is 14.3 Å². The summed E-state index contributed by atoms with van der Waals surface area (Å²) >= 11 is 0. The van der Waals surface area contributed by atoms with E-state index >= 15 is 0 Å². The van der Waals surface area contributed by atoms with Crippen LogP contribution < -0.4 is 5.32 Å². The van der Waals surface area contributed by atoms with Crippen molar-refractivity contribution in [3.05, 3.63) is 83.2 Å². The quantitative estimate of drug-likeness (QED) is 0.470. The number of hydrogen-bond donors (Lipinski definition) is 1. The average Bonchev–Trinajstić information content (AvgIpc) is 3.76. The van der Waals surface area contributed by atoms with Crippen LogP contribution in [0.1, 0.15) is 46.1 Å². The van der Waals surface area contributed by atoms with Crippen molar-refractivity contribution in [3.8, 4) is 5.69 Å². The molecule has 0 spiro atoms. The van der Waals surface area contributed by atoms with Crippen LogP contribution in [0.4, 0.5) is 0 Å². The number of likely N-dealkylation sites (tertiary alicyclic amines) is 2. The Labute approximate surface area is 236 Å². The normalized spacial score (nSPS) is 23.4. The fourth-order valence-electron chi connectivity index (χ4n) is 6.52. The van der Waals surface area contributed by atoms with Crippen LogP contribution in [0, 0.1) is 31.6 Å². The van der Waals surface area contributed by atoms with E-state index in [1.54, 1.807) is 6.20 Å². The summed E-state index contributed by atoms with van der Waals surface area (Å²) in [7, 11) is 0. The van der Waals surface area contributed by atoms with Gasteiger partial charge in [-0.05, 0) is 56.2 Å². The lowest BCUT2D eigenvalue weighted by atomic mass is 10.0. The largest absolute Gasteiger partial charge is 0.381 e. The van der Waals surface area contributed by atoms with Gasteiger partial charge in [0.2, 0.25) is 5.91 Å². The van der Waals surface area contributed by atoms with E-state index in [1.807, 2.05) is 46.8 Å². The molecule has 3 aliphatic heterocycles. The third-order valence-corrected chi connectivity index (χ3v) is 8.92. The molecule has 3 aliphatic rings. The van der Waals surface area contributed by atoms with Crippen LogP contribution in [0.25, 0.3) is 5.69 Å². The minimum atomic E-state index is -0.0477. The number of amides is 2. The first-order chi connectivity index (χ1) is 19.5. The van der Waals surface area contributed by atoms with E-state index < -0.39 is 0 Å². The Morgan fingerprint density at radius 3 is 2.40 bits per heavy atom. The molecule has 2 amide bonds. The van der Waals surface area contributed by atoms with Gasteiger partial charge in [-0.3, -0.25) is 9.59 Å². The standard InChI is InChI=1S/C32H39N5O3/c1-22-8-10-28(11-9-22)37-23(2)29(16-33-37)32(39)36-19-26-17-35(18-27(26)20-36)14-12-30(24-6-4-3-5-7-24)34-31(38)25-13-15-40-21-25/h3-11,16,25-27,30H,12-15,17-21H2,1-2H3,(H,34,38)/t25?,26?,27?,30-/m0/s1. The SMILES string of the molecule is Cc1ccc(-n2ncc(C(=O)N3CC4CN(CC[C@H](NC(=O)C5CCOC5)c5ccccc5)CC4C3)c2C)cc1. The summed E-state index contributed by atoms with van der Waals surface area (Å²) in [5, 5.41) is 7.83. The molecule has 3 unspecified atom stereocenters. The van der Waals surface area contributed by atoms with E-state index in [9.17, 15) is 9.59 Å². The summed E-state index contributed by atoms with van der Waals surface area (Å²) in [4.78, 5) is 30.9. The molecule has 2 aromatic carbocycles. The smallest absolute Gasteiger partial charge is 0.257 e. The molecular formula is C32H39N5O3. The number of aromatic nitrogens is 2. The van der Waals surface area contributed by atoms with Crippen molar-refractivity contribution in [2.24, 2.45) is 17.8 Å². The minimum absolute atomic E-state index is 0.0131. The minimum Gasteiger partial charge on any atom is -0.381 e. The predicted molar refractivity (Wildman–Crippen MR) is 153 cm³/mol. The van der Waals surface area contributed by atoms with Crippen LogP contribution >= 0.6 is 0 Å². The van der Waals surface area contributed by atoms with Crippen molar-refractivity contribution in [1.82, 2.24) is 24.9 Å². The molecule has 210 valence electrons. The monoisotopic (exact) mass is 541 g/mol. The van der Waals surface area contributed by atoms with E-state index in [2.05, 4.69) is 46.5 Å². The number of carbonyl (C=O) groups excluding carboxylic acids is 2. The number of ether oxygens (including phenoxy) is 1. The molecule has 1 aromatic heterocycles. The first-order valence-corrected chi connectivity index (χ1v) is 14.5. The number of rotatable bonds is 8. The Hall–Kier alpha value is -3.49. The zero-order valence-corrected chi connectivity index (χ0v) is 23.5. The Bertz CT molecular complexity index is 1320. The number of fused-ring (bicyclic) bond motifs is 1. The molecule has 6 rings (SSSR count). The highest BCUT2D eigenvalue weighted by atomic mass is 16.5. The fourth-order valence-corrected chi connectivity index (χ4v) is 6.52. The first kappa shape index (κ1) is 26.7. The number of carbonyl (C=O) groups is 2. The average molecular weight is 542 g/mol. The van der Waals surface area contributed by atoms with Gasteiger partial charge in [0, 0.05) is 39.3 Å². The number of hydrogen-bond acceptors (Lipinski definition) is 5. The Morgan fingerprint density at radius 1 is 1.00 bits per heavy atom. The fraction of sp³-hybridized carbons (Fsp3) is 0.469. The maximum atomic E-state index is 13.5. The van der Waals surface area contributed by atoms with Gasteiger partial charge in [-0.1, -0.05) is 48.0 Å². The van der Waals surface area contributed by atoms with Crippen LogP contribution in [0.5, 0.6) is 0 Å². The molecule has 0 radical (unpaired) electrons. The van der Waals surface area contributed by atoms with Gasteiger partial charge < -0.3 is 19.9 Å². The number of aryl methyl sites for hydroxylation is 1. The molecule has 0 aliphatic carbocycles. The van der Waals surface area contributed by atoms with Crippen LogP contribution in [0.15, 0.2) is 60.8 Å². The maximum Gasteiger partial charge on any atom is 0.257 e. The van der Waals surface area contributed by atoms with Gasteiger partial charge in [-0.25, -0.2) is 4.68 Å². The molecule has 0 bridgehead atoms. The van der Waals surface area contributed by atoms with Crippen LogP contribution in [-0.4, -0.2) is 77.3 Å². The summed E-state index contributed by atoms with van der Waals surface area (Å²) in [6.45, 7) is 9.69. The lowest BCUT2D eigenvalue weighted by Crippen LogP contribution is -2.37. The Morgan fingerprint density at radius 2 is 1.73 bits per heavy atom. The first-order valence-electron chi connectivity index (χ1n) is 14.5. The van der Waals surface area contributed by atoms with Gasteiger partial charge in [0.15, 0.2) is 0 Å². The van der Waals surface area contributed by atoms with E-state index in [-0.39, 0.29) is 23.8 Å². The van der Waals surface area contributed by atoms with Gasteiger partial charge in [0.05, 0.1) is 41.7 Å². The van der Waals surface area contributed by atoms with Crippen LogP contribution in [0.3, 0.4) is 0 Å².